The van der Waals surface area contributed by atoms with Gasteiger partial charge in [0.25, 0.3) is 0 Å². The molecule has 0 bridgehead atoms. The van der Waals surface area contributed by atoms with Crippen LogP contribution in [0.2, 0.25) is 0 Å². The summed E-state index contributed by atoms with van der Waals surface area (Å²) < 4.78 is 2.18. The Kier molecular flexibility index (Phi) is 5.02. The summed E-state index contributed by atoms with van der Waals surface area (Å²) >= 11 is 0. The first-order chi connectivity index (χ1) is 13.1. The van der Waals surface area contributed by atoms with Gasteiger partial charge in [0.05, 0.1) is 0 Å². The van der Waals surface area contributed by atoms with E-state index in [9.17, 15) is 4.79 Å². The fraction of sp³-hybridized carbons (Fsp3) is 0.375. The molecule has 2 aromatic carbocycles. The van der Waals surface area contributed by atoms with Gasteiger partial charge in [0.1, 0.15) is 0 Å². The zero-order valence-corrected chi connectivity index (χ0v) is 16.3. The van der Waals surface area contributed by atoms with Crippen molar-refractivity contribution in [1.82, 2.24) is 9.47 Å². The summed E-state index contributed by atoms with van der Waals surface area (Å²) in [7, 11) is 2.09. The first-order valence-corrected chi connectivity index (χ1v) is 10.0. The number of hydrogen-bond donors (Lipinski definition) is 0. The number of likely N-dealkylation sites (tertiary alicyclic amines) is 1. The summed E-state index contributed by atoms with van der Waals surface area (Å²) in [5.74, 6) is 0.374. The molecule has 0 saturated carbocycles. The number of rotatable bonds is 4. The van der Waals surface area contributed by atoms with E-state index < -0.39 is 0 Å². The number of aryl methyl sites for hydroxylation is 2. The number of para-hydroxylation sites is 1. The molecule has 1 fully saturated rings. The van der Waals surface area contributed by atoms with Crippen molar-refractivity contribution in [2.24, 2.45) is 7.05 Å². The Morgan fingerprint density at radius 3 is 2.44 bits per heavy atom. The largest absolute Gasteiger partial charge is 0.350 e. The highest BCUT2D eigenvalue weighted by atomic mass is 16.2. The Balaban J connectivity index is 1.73. The third-order valence-corrected chi connectivity index (χ3v) is 5.87. The Bertz CT molecular complexity index is 933. The maximum Gasteiger partial charge on any atom is 0.223 e. The van der Waals surface area contributed by atoms with E-state index in [0.717, 1.165) is 25.9 Å². The second-order valence-electron chi connectivity index (χ2n) is 7.82. The normalized spacial score (nSPS) is 15.9. The van der Waals surface area contributed by atoms with Crippen LogP contribution in [0.25, 0.3) is 10.9 Å². The summed E-state index contributed by atoms with van der Waals surface area (Å²) in [5, 5.41) is 1.25. The van der Waals surface area contributed by atoms with Crippen molar-refractivity contribution in [3.63, 3.8) is 0 Å². The molecule has 3 heteroatoms. The minimum Gasteiger partial charge on any atom is -0.350 e. The van der Waals surface area contributed by atoms with Crippen molar-refractivity contribution in [1.29, 1.82) is 0 Å². The van der Waals surface area contributed by atoms with Crippen LogP contribution in [0.1, 0.15) is 48.3 Å². The van der Waals surface area contributed by atoms with Gasteiger partial charge >= 0.3 is 0 Å². The van der Waals surface area contributed by atoms with E-state index >= 15 is 0 Å². The van der Waals surface area contributed by atoms with E-state index in [-0.39, 0.29) is 11.8 Å². The van der Waals surface area contributed by atoms with Gasteiger partial charge in [-0.05, 0) is 43.4 Å². The molecular weight excluding hydrogens is 332 g/mol. The van der Waals surface area contributed by atoms with Gasteiger partial charge in [-0.2, -0.15) is 0 Å². The van der Waals surface area contributed by atoms with E-state index in [1.807, 2.05) is 0 Å². The summed E-state index contributed by atoms with van der Waals surface area (Å²) in [6.45, 7) is 3.93. The first-order valence-electron chi connectivity index (χ1n) is 10.0. The fourth-order valence-electron chi connectivity index (χ4n) is 4.30. The highest BCUT2D eigenvalue weighted by Gasteiger charge is 2.25. The lowest BCUT2D eigenvalue weighted by Gasteiger charge is -2.28. The van der Waals surface area contributed by atoms with Gasteiger partial charge in [0.15, 0.2) is 0 Å². The Labute approximate surface area is 161 Å². The molecule has 1 aliphatic heterocycles. The maximum atomic E-state index is 13.1. The zero-order valence-electron chi connectivity index (χ0n) is 16.3. The standard InChI is InChI=1S/C24H28N2O/c1-18-10-12-19(13-11-18)21(16-24(27)26-14-6-3-7-15-26)22-17-25(2)23-9-5-4-8-20(22)23/h4-5,8-13,17,21H,3,6-7,14-16H2,1-2H3/t21-/m1/s1. The molecule has 3 nitrogen and oxygen atoms in total. The van der Waals surface area contributed by atoms with Gasteiger partial charge in [-0.1, -0.05) is 48.0 Å². The smallest absolute Gasteiger partial charge is 0.223 e. The molecular formula is C24H28N2O. The van der Waals surface area contributed by atoms with Gasteiger partial charge < -0.3 is 9.47 Å². The molecule has 27 heavy (non-hydrogen) atoms. The van der Waals surface area contributed by atoms with Gasteiger partial charge in [-0.3, -0.25) is 4.79 Å². The van der Waals surface area contributed by atoms with E-state index in [1.165, 1.54) is 34.0 Å². The molecule has 0 aliphatic carbocycles. The van der Waals surface area contributed by atoms with Crippen molar-refractivity contribution in [2.45, 2.75) is 38.5 Å². The van der Waals surface area contributed by atoms with Gasteiger partial charge in [-0.15, -0.1) is 0 Å². The van der Waals surface area contributed by atoms with Crippen molar-refractivity contribution in [3.8, 4) is 0 Å². The highest BCUT2D eigenvalue weighted by Crippen LogP contribution is 2.35. The third-order valence-electron chi connectivity index (χ3n) is 5.87. The molecule has 2 heterocycles. The highest BCUT2D eigenvalue weighted by molar-refractivity contribution is 5.86. The minimum absolute atomic E-state index is 0.0890. The SMILES string of the molecule is Cc1ccc([C@@H](CC(=O)N2CCCCC2)c2cn(C)c3ccccc23)cc1. The van der Waals surface area contributed by atoms with Crippen LogP contribution in [0, 0.1) is 6.92 Å². The topological polar surface area (TPSA) is 25.2 Å². The third kappa shape index (κ3) is 3.64. The lowest BCUT2D eigenvalue weighted by atomic mass is 9.87. The molecule has 1 aromatic heterocycles. The molecule has 0 spiro atoms. The Morgan fingerprint density at radius 1 is 1.00 bits per heavy atom. The number of piperidine rings is 1. The number of carbonyl (C=O) groups excluding carboxylic acids is 1. The minimum atomic E-state index is 0.0890. The molecule has 0 N–H and O–H groups in total. The van der Waals surface area contributed by atoms with Crippen LogP contribution in [0.4, 0.5) is 0 Å². The lowest BCUT2D eigenvalue weighted by molar-refractivity contribution is -0.132. The van der Waals surface area contributed by atoms with Crippen LogP contribution in [0.5, 0.6) is 0 Å². The average Bonchev–Trinajstić information content (AvgIpc) is 3.04. The number of benzene rings is 2. The molecule has 0 unspecified atom stereocenters. The fourth-order valence-corrected chi connectivity index (χ4v) is 4.30. The summed E-state index contributed by atoms with van der Waals surface area (Å²) in [6, 6.07) is 17.2. The molecule has 1 amide bonds. The second-order valence-corrected chi connectivity index (χ2v) is 7.82. The van der Waals surface area contributed by atoms with Gasteiger partial charge in [0.2, 0.25) is 5.91 Å². The molecule has 1 saturated heterocycles. The molecule has 1 aliphatic rings. The predicted octanol–water partition coefficient (Wildman–Crippen LogP) is 5.02. The van der Waals surface area contributed by atoms with Crippen molar-refractivity contribution in [2.75, 3.05) is 13.1 Å². The Hall–Kier alpha value is -2.55. The number of nitrogens with zero attached hydrogens (tertiary/aromatic N) is 2. The lowest BCUT2D eigenvalue weighted by Crippen LogP contribution is -2.36. The summed E-state index contributed by atoms with van der Waals surface area (Å²) in [5.41, 5.74) is 4.94. The summed E-state index contributed by atoms with van der Waals surface area (Å²) in [4.78, 5) is 15.1. The van der Waals surface area contributed by atoms with E-state index in [4.69, 9.17) is 0 Å². The average molecular weight is 361 g/mol. The van der Waals surface area contributed by atoms with Crippen LogP contribution < -0.4 is 0 Å². The monoisotopic (exact) mass is 360 g/mol. The van der Waals surface area contributed by atoms with Gasteiger partial charge in [0, 0.05) is 49.6 Å². The van der Waals surface area contributed by atoms with Crippen LogP contribution in [-0.4, -0.2) is 28.5 Å². The van der Waals surface area contributed by atoms with Crippen LogP contribution in [0.3, 0.4) is 0 Å². The van der Waals surface area contributed by atoms with Crippen molar-refractivity contribution < 1.29 is 4.79 Å². The molecule has 140 valence electrons. The quantitative estimate of drug-likeness (QED) is 0.641. The maximum absolute atomic E-state index is 13.1. The predicted molar refractivity (Wildman–Crippen MR) is 111 cm³/mol. The van der Waals surface area contributed by atoms with Crippen molar-refractivity contribution >= 4 is 16.8 Å². The van der Waals surface area contributed by atoms with Gasteiger partial charge in [-0.25, -0.2) is 0 Å². The molecule has 1 atom stereocenters. The number of aromatic nitrogens is 1. The van der Waals surface area contributed by atoms with Crippen LogP contribution in [-0.2, 0) is 11.8 Å². The number of carbonyl (C=O) groups is 1. The molecule has 3 aromatic rings. The first kappa shape index (κ1) is 17.8. The van der Waals surface area contributed by atoms with Crippen molar-refractivity contribution in [3.05, 3.63) is 71.4 Å². The number of hydrogen-bond acceptors (Lipinski definition) is 1. The van der Waals surface area contributed by atoms with Crippen LogP contribution >= 0.6 is 0 Å². The van der Waals surface area contributed by atoms with Crippen LogP contribution in [0.15, 0.2) is 54.7 Å². The van der Waals surface area contributed by atoms with E-state index in [0.29, 0.717) is 6.42 Å². The summed E-state index contributed by atoms with van der Waals surface area (Å²) in [6.07, 6.45) is 6.26. The Morgan fingerprint density at radius 2 is 1.70 bits per heavy atom. The van der Waals surface area contributed by atoms with E-state index in [1.54, 1.807) is 0 Å². The number of amides is 1. The molecule has 4 rings (SSSR count). The number of fused-ring (bicyclic) bond motifs is 1. The second kappa shape index (κ2) is 7.59. The zero-order chi connectivity index (χ0) is 18.8. The van der Waals surface area contributed by atoms with E-state index in [2.05, 4.69) is 78.2 Å². The molecule has 0 radical (unpaired) electrons.